The number of aryl methyl sites for hydroxylation is 1. The molecule has 1 aromatic heterocycles. The van der Waals surface area contributed by atoms with Crippen LogP contribution in [0, 0.1) is 0 Å². The Hall–Kier alpha value is -2.28. The van der Waals surface area contributed by atoms with Crippen LogP contribution in [0.4, 0.5) is 5.69 Å². The van der Waals surface area contributed by atoms with Gasteiger partial charge in [0.25, 0.3) is 0 Å². The Labute approximate surface area is 119 Å². The van der Waals surface area contributed by atoms with Gasteiger partial charge in [0.15, 0.2) is 4.88 Å². The van der Waals surface area contributed by atoms with Gasteiger partial charge in [-0.3, -0.25) is 4.79 Å². The van der Waals surface area contributed by atoms with Crippen molar-refractivity contribution in [1.29, 1.82) is 0 Å². The fourth-order valence-electron chi connectivity index (χ4n) is 1.56. The first-order valence-corrected chi connectivity index (χ1v) is 6.78. The average molecular weight is 291 g/mol. The van der Waals surface area contributed by atoms with E-state index in [1.165, 1.54) is 6.92 Å². The summed E-state index contributed by atoms with van der Waals surface area (Å²) in [4.78, 5) is 23.3. The molecule has 0 unspecified atom stereocenters. The van der Waals surface area contributed by atoms with Gasteiger partial charge in [-0.25, -0.2) is 4.79 Å². The van der Waals surface area contributed by atoms with E-state index in [9.17, 15) is 9.59 Å². The van der Waals surface area contributed by atoms with Crippen LogP contribution in [0.25, 0.3) is 0 Å². The van der Waals surface area contributed by atoms with Crippen molar-refractivity contribution >= 4 is 29.1 Å². The molecule has 6 nitrogen and oxygen atoms in total. The molecule has 0 aliphatic heterocycles. The van der Waals surface area contributed by atoms with Crippen LogP contribution in [0.15, 0.2) is 24.3 Å². The van der Waals surface area contributed by atoms with Gasteiger partial charge in [0, 0.05) is 12.6 Å². The summed E-state index contributed by atoms with van der Waals surface area (Å²) in [5, 5.41) is 6.50. The van der Waals surface area contributed by atoms with Gasteiger partial charge in [-0.15, -0.1) is 5.10 Å². The highest BCUT2D eigenvalue weighted by Crippen LogP contribution is 2.19. The average Bonchev–Trinajstić information content (AvgIpc) is 2.89. The van der Waals surface area contributed by atoms with E-state index in [4.69, 9.17) is 4.74 Å². The summed E-state index contributed by atoms with van der Waals surface area (Å²) < 4.78 is 8.99. The highest BCUT2D eigenvalue weighted by atomic mass is 32.1. The lowest BCUT2D eigenvalue weighted by Gasteiger charge is -2.05. The molecular weight excluding hydrogens is 278 g/mol. The van der Waals surface area contributed by atoms with E-state index in [0.717, 1.165) is 11.5 Å². The molecule has 0 atom stereocenters. The number of hydrogen-bond acceptors (Lipinski definition) is 6. The number of benzene rings is 1. The van der Waals surface area contributed by atoms with Crippen molar-refractivity contribution in [3.05, 3.63) is 34.8 Å². The molecule has 0 aliphatic carbocycles. The zero-order chi connectivity index (χ0) is 14.5. The van der Waals surface area contributed by atoms with E-state index < -0.39 is 5.97 Å². The Morgan fingerprint density at radius 3 is 2.60 bits per heavy atom. The molecule has 20 heavy (non-hydrogen) atoms. The maximum absolute atomic E-state index is 12.0. The molecule has 0 radical (unpaired) electrons. The number of ether oxygens (including phenoxy) is 1. The fourth-order valence-corrected chi connectivity index (χ4v) is 2.19. The number of hydrogen-bond donors (Lipinski definition) is 1. The number of anilines is 1. The van der Waals surface area contributed by atoms with Crippen molar-refractivity contribution in [3.8, 4) is 5.75 Å². The molecular formula is C13H13N3O3S. The van der Waals surface area contributed by atoms with Gasteiger partial charge in [0.2, 0.25) is 5.91 Å². The third-order valence-corrected chi connectivity index (χ3v) is 3.21. The number of amides is 1. The van der Waals surface area contributed by atoms with Gasteiger partial charge < -0.3 is 10.1 Å². The summed E-state index contributed by atoms with van der Waals surface area (Å²) in [5.41, 5.74) is 1.28. The summed E-state index contributed by atoms with van der Waals surface area (Å²) in [6, 6.07) is 6.55. The summed E-state index contributed by atoms with van der Waals surface area (Å²) in [6.45, 7) is 3.33. The van der Waals surface area contributed by atoms with Gasteiger partial charge in [0.05, 0.1) is 5.69 Å². The molecule has 7 heteroatoms. The number of esters is 1. The first kappa shape index (κ1) is 14.1. The van der Waals surface area contributed by atoms with E-state index in [0.29, 0.717) is 28.4 Å². The smallest absolute Gasteiger partial charge is 0.357 e. The van der Waals surface area contributed by atoms with E-state index in [1.54, 1.807) is 24.3 Å². The minimum Gasteiger partial charge on any atom is -0.422 e. The van der Waals surface area contributed by atoms with Crippen LogP contribution in [-0.4, -0.2) is 21.5 Å². The molecule has 1 heterocycles. The zero-order valence-corrected chi connectivity index (χ0v) is 11.9. The number of rotatable bonds is 4. The Kier molecular flexibility index (Phi) is 4.41. The minimum atomic E-state index is -0.468. The first-order chi connectivity index (χ1) is 9.60. The van der Waals surface area contributed by atoms with E-state index >= 15 is 0 Å². The highest BCUT2D eigenvalue weighted by Gasteiger charge is 2.17. The quantitative estimate of drug-likeness (QED) is 0.690. The molecule has 2 rings (SSSR count). The van der Waals surface area contributed by atoms with Gasteiger partial charge in [0.1, 0.15) is 5.75 Å². The Morgan fingerprint density at radius 1 is 1.30 bits per heavy atom. The Balaban J connectivity index is 2.06. The SMILES string of the molecule is CCc1nnsc1C(=O)Oc1ccc(NC(C)=O)cc1. The molecule has 1 amide bonds. The summed E-state index contributed by atoms with van der Waals surface area (Å²) in [5.74, 6) is -0.221. The maximum atomic E-state index is 12.0. The molecule has 0 saturated carbocycles. The third kappa shape index (κ3) is 3.39. The lowest BCUT2D eigenvalue weighted by molar-refractivity contribution is -0.114. The predicted molar refractivity (Wildman–Crippen MR) is 75.0 cm³/mol. The molecule has 1 N–H and O–H groups in total. The molecule has 0 aliphatic rings. The minimum absolute atomic E-state index is 0.155. The summed E-state index contributed by atoms with van der Waals surface area (Å²) in [7, 11) is 0. The third-order valence-electron chi connectivity index (χ3n) is 2.46. The van der Waals surface area contributed by atoms with E-state index in [1.807, 2.05) is 6.92 Å². The lowest BCUT2D eigenvalue weighted by Crippen LogP contribution is -2.09. The number of carbonyl (C=O) groups excluding carboxylic acids is 2. The van der Waals surface area contributed by atoms with Gasteiger partial charge in [-0.1, -0.05) is 11.4 Å². The van der Waals surface area contributed by atoms with Gasteiger partial charge in [-0.05, 0) is 42.2 Å². The Morgan fingerprint density at radius 2 is 2.00 bits per heavy atom. The fraction of sp³-hybridized carbons (Fsp3) is 0.231. The monoisotopic (exact) mass is 291 g/mol. The lowest BCUT2D eigenvalue weighted by atomic mass is 10.3. The highest BCUT2D eigenvalue weighted by molar-refractivity contribution is 7.07. The van der Waals surface area contributed by atoms with E-state index in [-0.39, 0.29) is 5.91 Å². The topological polar surface area (TPSA) is 81.2 Å². The van der Waals surface area contributed by atoms with Crippen LogP contribution in [0.1, 0.15) is 29.2 Å². The number of aromatic nitrogens is 2. The molecule has 0 spiro atoms. The van der Waals surface area contributed by atoms with Crippen molar-refractivity contribution in [2.75, 3.05) is 5.32 Å². The van der Waals surface area contributed by atoms with Crippen molar-refractivity contribution in [1.82, 2.24) is 9.59 Å². The van der Waals surface area contributed by atoms with Crippen LogP contribution in [-0.2, 0) is 11.2 Å². The molecule has 104 valence electrons. The van der Waals surface area contributed by atoms with Crippen molar-refractivity contribution in [2.45, 2.75) is 20.3 Å². The summed E-state index contributed by atoms with van der Waals surface area (Å²) in [6.07, 6.45) is 0.627. The molecule has 0 fully saturated rings. The van der Waals surface area contributed by atoms with Crippen LogP contribution >= 0.6 is 11.5 Å². The maximum Gasteiger partial charge on any atom is 0.357 e. The second-order valence-electron chi connectivity index (χ2n) is 4.00. The van der Waals surface area contributed by atoms with Crippen LogP contribution in [0.5, 0.6) is 5.75 Å². The molecule has 2 aromatic rings. The van der Waals surface area contributed by atoms with Crippen LogP contribution in [0.2, 0.25) is 0 Å². The zero-order valence-electron chi connectivity index (χ0n) is 11.0. The molecule has 1 aromatic carbocycles. The van der Waals surface area contributed by atoms with Crippen molar-refractivity contribution in [2.24, 2.45) is 0 Å². The normalized spacial score (nSPS) is 10.1. The van der Waals surface area contributed by atoms with Crippen molar-refractivity contribution < 1.29 is 14.3 Å². The summed E-state index contributed by atoms with van der Waals surface area (Å²) >= 11 is 1.02. The second kappa shape index (κ2) is 6.25. The second-order valence-corrected chi connectivity index (χ2v) is 4.75. The molecule has 0 saturated heterocycles. The largest absolute Gasteiger partial charge is 0.422 e. The number of carbonyl (C=O) groups is 2. The number of nitrogens with zero attached hydrogens (tertiary/aromatic N) is 2. The van der Waals surface area contributed by atoms with Crippen LogP contribution < -0.4 is 10.1 Å². The van der Waals surface area contributed by atoms with Gasteiger partial charge >= 0.3 is 5.97 Å². The Bertz CT molecular complexity index is 622. The van der Waals surface area contributed by atoms with Crippen molar-refractivity contribution in [3.63, 3.8) is 0 Å². The number of nitrogens with one attached hydrogen (secondary N) is 1. The standard InChI is InChI=1S/C13H13N3O3S/c1-3-11-12(20-16-15-11)13(18)19-10-6-4-9(5-7-10)14-8(2)17/h4-7H,3H2,1-2H3,(H,14,17). The van der Waals surface area contributed by atoms with Crippen LogP contribution in [0.3, 0.4) is 0 Å². The van der Waals surface area contributed by atoms with E-state index in [2.05, 4.69) is 14.9 Å². The predicted octanol–water partition coefficient (Wildman–Crippen LogP) is 2.28. The first-order valence-electron chi connectivity index (χ1n) is 6.01. The molecule has 0 bridgehead atoms. The van der Waals surface area contributed by atoms with Gasteiger partial charge in [-0.2, -0.15) is 0 Å².